The normalized spacial score (nSPS) is 11.4. The molecule has 0 aliphatic rings. The van der Waals surface area contributed by atoms with Crippen molar-refractivity contribution in [3.05, 3.63) is 12.2 Å². The van der Waals surface area contributed by atoms with Gasteiger partial charge in [-0.05, 0) is 6.92 Å². The molecule has 11 heavy (non-hydrogen) atoms. The van der Waals surface area contributed by atoms with Crippen LogP contribution < -0.4 is 0 Å². The van der Waals surface area contributed by atoms with E-state index in [2.05, 4.69) is 11.6 Å². The minimum atomic E-state index is -1.06. The lowest BCUT2D eigenvalue weighted by molar-refractivity contribution is -0.132. The SMILES string of the molecule is C=C(CC(C)N=C=O)C(=O)O. The van der Waals surface area contributed by atoms with E-state index in [0.29, 0.717) is 0 Å². The summed E-state index contributed by atoms with van der Waals surface area (Å²) in [7, 11) is 0. The number of hydrogen-bond acceptors (Lipinski definition) is 3. The van der Waals surface area contributed by atoms with Crippen LogP contribution in [0, 0.1) is 0 Å². The van der Waals surface area contributed by atoms with Crippen LogP contribution in [0.4, 0.5) is 0 Å². The molecule has 4 heteroatoms. The van der Waals surface area contributed by atoms with Gasteiger partial charge in [0.05, 0.1) is 6.04 Å². The molecule has 0 bridgehead atoms. The van der Waals surface area contributed by atoms with Gasteiger partial charge in [0, 0.05) is 12.0 Å². The van der Waals surface area contributed by atoms with Gasteiger partial charge in [0.2, 0.25) is 6.08 Å². The first kappa shape index (κ1) is 9.59. The van der Waals surface area contributed by atoms with Gasteiger partial charge in [-0.15, -0.1) is 0 Å². The van der Waals surface area contributed by atoms with Gasteiger partial charge in [-0.25, -0.2) is 14.6 Å². The molecule has 1 unspecified atom stereocenters. The van der Waals surface area contributed by atoms with E-state index >= 15 is 0 Å². The lowest BCUT2D eigenvalue weighted by Crippen LogP contribution is -2.06. The molecular weight excluding hydrogens is 146 g/mol. The highest BCUT2D eigenvalue weighted by Gasteiger charge is 2.07. The Labute approximate surface area is 64.3 Å². The van der Waals surface area contributed by atoms with Crippen LogP contribution >= 0.6 is 0 Å². The van der Waals surface area contributed by atoms with Crippen LogP contribution in [0.15, 0.2) is 17.1 Å². The Balaban J connectivity index is 3.94. The van der Waals surface area contributed by atoms with Crippen molar-refractivity contribution in [2.24, 2.45) is 4.99 Å². The number of hydrogen-bond donors (Lipinski definition) is 1. The molecule has 0 rings (SSSR count). The van der Waals surface area contributed by atoms with Gasteiger partial charge < -0.3 is 5.11 Å². The van der Waals surface area contributed by atoms with Crippen LogP contribution in [0.2, 0.25) is 0 Å². The lowest BCUT2D eigenvalue weighted by atomic mass is 10.1. The molecule has 0 saturated carbocycles. The van der Waals surface area contributed by atoms with Crippen molar-refractivity contribution in [2.45, 2.75) is 19.4 Å². The zero-order chi connectivity index (χ0) is 8.85. The van der Waals surface area contributed by atoms with Crippen molar-refractivity contribution >= 4 is 12.0 Å². The van der Waals surface area contributed by atoms with Gasteiger partial charge in [-0.1, -0.05) is 6.58 Å². The van der Waals surface area contributed by atoms with Gasteiger partial charge in [-0.2, -0.15) is 0 Å². The number of carbonyl (C=O) groups excluding carboxylic acids is 1. The largest absolute Gasteiger partial charge is 0.478 e. The van der Waals surface area contributed by atoms with E-state index in [9.17, 15) is 9.59 Å². The van der Waals surface area contributed by atoms with Crippen molar-refractivity contribution in [1.82, 2.24) is 0 Å². The van der Waals surface area contributed by atoms with E-state index < -0.39 is 5.97 Å². The number of carboxylic acid groups (broad SMARTS) is 1. The van der Waals surface area contributed by atoms with Crippen LogP contribution in [0.1, 0.15) is 13.3 Å². The maximum Gasteiger partial charge on any atom is 0.331 e. The second kappa shape index (κ2) is 4.41. The molecule has 60 valence electrons. The molecular formula is C7H9NO3. The Bertz CT molecular complexity index is 216. The molecule has 0 fully saturated rings. The van der Waals surface area contributed by atoms with E-state index in [1.807, 2.05) is 0 Å². The summed E-state index contributed by atoms with van der Waals surface area (Å²) in [5, 5.41) is 8.36. The first-order chi connectivity index (χ1) is 5.07. The van der Waals surface area contributed by atoms with Gasteiger partial charge in [-0.3, -0.25) is 0 Å². The molecule has 0 saturated heterocycles. The fraction of sp³-hybridized carbons (Fsp3) is 0.429. The summed E-state index contributed by atoms with van der Waals surface area (Å²) >= 11 is 0. The summed E-state index contributed by atoms with van der Waals surface area (Å²) in [5.74, 6) is -1.06. The molecule has 0 aromatic carbocycles. The summed E-state index contributed by atoms with van der Waals surface area (Å²) in [6, 6.07) is -0.351. The molecule has 0 amide bonds. The first-order valence-corrected chi connectivity index (χ1v) is 3.06. The molecule has 4 nitrogen and oxygen atoms in total. The molecule has 0 aromatic heterocycles. The van der Waals surface area contributed by atoms with Crippen molar-refractivity contribution in [3.63, 3.8) is 0 Å². The average Bonchev–Trinajstić information content (AvgIpc) is 1.87. The van der Waals surface area contributed by atoms with Crippen LogP contribution in [-0.4, -0.2) is 23.2 Å². The van der Waals surface area contributed by atoms with Crippen LogP contribution in [0.25, 0.3) is 0 Å². The van der Waals surface area contributed by atoms with Crippen molar-refractivity contribution in [2.75, 3.05) is 0 Å². The second-order valence-electron chi connectivity index (χ2n) is 2.18. The Kier molecular flexibility index (Phi) is 3.85. The number of aliphatic carboxylic acids is 1. The number of rotatable bonds is 4. The molecule has 0 aliphatic carbocycles. The molecule has 0 aliphatic heterocycles. The molecule has 0 aromatic rings. The Morgan fingerprint density at radius 2 is 2.36 bits per heavy atom. The maximum absolute atomic E-state index is 10.2. The number of isocyanates is 1. The summed E-state index contributed by atoms with van der Waals surface area (Å²) in [4.78, 5) is 23.2. The summed E-state index contributed by atoms with van der Waals surface area (Å²) < 4.78 is 0. The van der Waals surface area contributed by atoms with Crippen molar-refractivity contribution < 1.29 is 14.7 Å². The Hall–Kier alpha value is -1.41. The summed E-state index contributed by atoms with van der Waals surface area (Å²) in [6.45, 7) is 4.91. The van der Waals surface area contributed by atoms with E-state index in [1.165, 1.54) is 6.08 Å². The number of nitrogens with zero attached hydrogens (tertiary/aromatic N) is 1. The highest BCUT2D eigenvalue weighted by Crippen LogP contribution is 2.04. The summed E-state index contributed by atoms with van der Waals surface area (Å²) in [5.41, 5.74) is 0.0523. The van der Waals surface area contributed by atoms with Gasteiger partial charge in [0.1, 0.15) is 0 Å². The van der Waals surface area contributed by atoms with Crippen LogP contribution in [0.5, 0.6) is 0 Å². The standard InChI is InChI=1S/C7H9NO3/c1-5(7(10)11)3-6(2)8-4-9/h6H,1,3H2,2H3,(H,10,11). The average molecular weight is 155 g/mol. The fourth-order valence-electron chi connectivity index (χ4n) is 0.580. The fourth-order valence-corrected chi connectivity index (χ4v) is 0.580. The molecule has 1 atom stereocenters. The highest BCUT2D eigenvalue weighted by molar-refractivity contribution is 5.85. The topological polar surface area (TPSA) is 66.7 Å². The third-order valence-electron chi connectivity index (χ3n) is 1.12. The minimum Gasteiger partial charge on any atom is -0.478 e. The van der Waals surface area contributed by atoms with E-state index in [4.69, 9.17) is 5.11 Å². The highest BCUT2D eigenvalue weighted by atomic mass is 16.4. The second-order valence-corrected chi connectivity index (χ2v) is 2.18. The summed E-state index contributed by atoms with van der Waals surface area (Å²) in [6.07, 6.45) is 1.54. The Morgan fingerprint density at radius 3 is 2.73 bits per heavy atom. The lowest BCUT2D eigenvalue weighted by Gasteiger charge is -2.01. The van der Waals surface area contributed by atoms with Gasteiger partial charge in [0.25, 0.3) is 0 Å². The van der Waals surface area contributed by atoms with Crippen molar-refractivity contribution in [1.29, 1.82) is 0 Å². The number of aliphatic imine (C=N–C) groups is 1. The van der Waals surface area contributed by atoms with Crippen LogP contribution in [0.3, 0.4) is 0 Å². The van der Waals surface area contributed by atoms with E-state index in [1.54, 1.807) is 6.92 Å². The van der Waals surface area contributed by atoms with Crippen LogP contribution in [-0.2, 0) is 9.59 Å². The molecule has 0 heterocycles. The number of carboxylic acids is 1. The third-order valence-corrected chi connectivity index (χ3v) is 1.12. The maximum atomic E-state index is 10.2. The minimum absolute atomic E-state index is 0.0523. The molecule has 0 radical (unpaired) electrons. The molecule has 0 spiro atoms. The van der Waals surface area contributed by atoms with E-state index in [0.717, 1.165) is 0 Å². The number of carbonyl (C=O) groups is 1. The van der Waals surface area contributed by atoms with Gasteiger partial charge in [0.15, 0.2) is 0 Å². The van der Waals surface area contributed by atoms with Crippen molar-refractivity contribution in [3.8, 4) is 0 Å². The third kappa shape index (κ3) is 4.06. The zero-order valence-corrected chi connectivity index (χ0v) is 6.20. The van der Waals surface area contributed by atoms with E-state index in [-0.39, 0.29) is 18.0 Å². The smallest absolute Gasteiger partial charge is 0.331 e. The monoisotopic (exact) mass is 155 g/mol. The predicted octanol–water partition coefficient (Wildman–Crippen LogP) is 0.742. The Morgan fingerprint density at radius 1 is 1.82 bits per heavy atom. The quantitative estimate of drug-likeness (QED) is 0.370. The predicted molar refractivity (Wildman–Crippen MR) is 39.0 cm³/mol. The first-order valence-electron chi connectivity index (χ1n) is 3.06. The van der Waals surface area contributed by atoms with Gasteiger partial charge >= 0.3 is 5.97 Å². The molecule has 1 N–H and O–H groups in total. The zero-order valence-electron chi connectivity index (χ0n) is 6.20.